The Labute approximate surface area is 120 Å². The number of carbonyl (C=O) groups excluding carboxylic acids is 1. The average Bonchev–Trinajstić information content (AvgIpc) is 3.30. The Kier molecular flexibility index (Phi) is 4.03. The van der Waals surface area contributed by atoms with Crippen LogP contribution in [-0.2, 0) is 16.1 Å². The molecule has 108 valence electrons. The molecule has 1 aromatic rings. The van der Waals surface area contributed by atoms with Crippen molar-refractivity contribution in [3.8, 4) is 0 Å². The Morgan fingerprint density at radius 3 is 2.95 bits per heavy atom. The van der Waals surface area contributed by atoms with Gasteiger partial charge in [0, 0.05) is 25.7 Å². The molecule has 4 heteroatoms. The van der Waals surface area contributed by atoms with E-state index in [2.05, 4.69) is 36.5 Å². The summed E-state index contributed by atoms with van der Waals surface area (Å²) in [6, 6.07) is 8.80. The number of amides is 1. The first-order valence-corrected chi connectivity index (χ1v) is 7.42. The first-order chi connectivity index (χ1) is 9.74. The zero-order chi connectivity index (χ0) is 13.9. The largest absolute Gasteiger partial charge is 0.366 e. The van der Waals surface area contributed by atoms with Crippen molar-refractivity contribution < 1.29 is 9.53 Å². The lowest BCUT2D eigenvalue weighted by Crippen LogP contribution is -2.49. The molecule has 1 unspecified atom stereocenters. The molecule has 1 aromatic carbocycles. The van der Waals surface area contributed by atoms with E-state index in [1.807, 2.05) is 4.90 Å². The number of aryl methyl sites for hydroxylation is 1. The summed E-state index contributed by atoms with van der Waals surface area (Å²) in [5.41, 5.74) is 2.44. The number of nitrogens with one attached hydrogen (secondary N) is 1. The zero-order valence-electron chi connectivity index (χ0n) is 12.0. The van der Waals surface area contributed by atoms with Crippen molar-refractivity contribution in [3.05, 3.63) is 35.4 Å². The molecule has 1 aliphatic heterocycles. The van der Waals surface area contributed by atoms with Crippen LogP contribution in [0, 0.1) is 6.92 Å². The van der Waals surface area contributed by atoms with Gasteiger partial charge in [0.1, 0.15) is 6.10 Å². The summed E-state index contributed by atoms with van der Waals surface area (Å²) in [6.07, 6.45) is 1.93. The fourth-order valence-electron chi connectivity index (χ4n) is 2.69. The van der Waals surface area contributed by atoms with Gasteiger partial charge in [-0.1, -0.05) is 29.8 Å². The molecule has 2 aliphatic rings. The number of hydrogen-bond acceptors (Lipinski definition) is 3. The second kappa shape index (κ2) is 5.94. The number of rotatable bonds is 4. The van der Waals surface area contributed by atoms with Crippen LogP contribution >= 0.6 is 0 Å². The van der Waals surface area contributed by atoms with Gasteiger partial charge in [-0.05, 0) is 25.3 Å². The molecule has 1 atom stereocenters. The molecular weight excluding hydrogens is 252 g/mol. The Morgan fingerprint density at radius 1 is 1.45 bits per heavy atom. The van der Waals surface area contributed by atoms with Gasteiger partial charge in [0.2, 0.25) is 0 Å². The molecule has 1 aliphatic carbocycles. The fraction of sp³-hybridized carbons (Fsp3) is 0.562. The predicted molar refractivity (Wildman–Crippen MR) is 77.4 cm³/mol. The second-order valence-corrected chi connectivity index (χ2v) is 5.75. The molecule has 0 bridgehead atoms. The van der Waals surface area contributed by atoms with Crippen LogP contribution in [0.5, 0.6) is 0 Å². The number of morpholine rings is 1. The molecule has 4 nitrogen and oxygen atoms in total. The lowest BCUT2D eigenvalue weighted by atomic mass is 10.1. The summed E-state index contributed by atoms with van der Waals surface area (Å²) in [7, 11) is 0. The molecule has 0 spiro atoms. The summed E-state index contributed by atoms with van der Waals surface area (Å²) < 4.78 is 5.61. The minimum Gasteiger partial charge on any atom is -0.366 e. The quantitative estimate of drug-likeness (QED) is 0.904. The standard InChI is InChI=1S/C16H22N2O2/c1-12-3-2-4-13(9-12)11-18(14-5-6-14)16(19)15-10-17-7-8-20-15/h2-4,9,14-15,17H,5-8,10-11H2,1H3. The van der Waals surface area contributed by atoms with Gasteiger partial charge in [0.25, 0.3) is 5.91 Å². The Hall–Kier alpha value is -1.39. The van der Waals surface area contributed by atoms with Crippen LogP contribution in [0.15, 0.2) is 24.3 Å². The molecule has 3 rings (SSSR count). The van der Waals surface area contributed by atoms with Gasteiger partial charge >= 0.3 is 0 Å². The van der Waals surface area contributed by atoms with E-state index in [1.54, 1.807) is 0 Å². The van der Waals surface area contributed by atoms with Crippen molar-refractivity contribution in [3.63, 3.8) is 0 Å². The smallest absolute Gasteiger partial charge is 0.253 e. The number of benzene rings is 1. The van der Waals surface area contributed by atoms with E-state index in [0.29, 0.717) is 25.7 Å². The fourth-order valence-corrected chi connectivity index (χ4v) is 2.69. The maximum Gasteiger partial charge on any atom is 0.253 e. The number of nitrogens with zero attached hydrogens (tertiary/aromatic N) is 1. The number of hydrogen-bond donors (Lipinski definition) is 1. The zero-order valence-corrected chi connectivity index (χ0v) is 12.0. The Morgan fingerprint density at radius 2 is 2.30 bits per heavy atom. The van der Waals surface area contributed by atoms with Crippen molar-refractivity contribution in [1.82, 2.24) is 10.2 Å². The van der Waals surface area contributed by atoms with Crippen LogP contribution in [-0.4, -0.2) is 42.6 Å². The minimum absolute atomic E-state index is 0.140. The molecular formula is C16H22N2O2. The third kappa shape index (κ3) is 3.19. The summed E-state index contributed by atoms with van der Waals surface area (Å²) in [5, 5.41) is 3.23. The van der Waals surface area contributed by atoms with E-state index in [-0.39, 0.29) is 12.0 Å². The van der Waals surface area contributed by atoms with E-state index in [0.717, 1.165) is 19.4 Å². The van der Waals surface area contributed by atoms with Gasteiger partial charge in [-0.25, -0.2) is 0 Å². The molecule has 20 heavy (non-hydrogen) atoms. The topological polar surface area (TPSA) is 41.6 Å². The summed E-state index contributed by atoms with van der Waals surface area (Å²) in [5.74, 6) is 0.140. The van der Waals surface area contributed by atoms with Gasteiger partial charge < -0.3 is 15.0 Å². The lowest BCUT2D eigenvalue weighted by Gasteiger charge is -2.30. The highest BCUT2D eigenvalue weighted by Gasteiger charge is 2.36. The van der Waals surface area contributed by atoms with Crippen LogP contribution in [0.4, 0.5) is 0 Å². The SMILES string of the molecule is Cc1cccc(CN(C(=O)C2CNCCO2)C2CC2)c1. The molecule has 1 heterocycles. The van der Waals surface area contributed by atoms with Crippen LogP contribution in [0.1, 0.15) is 24.0 Å². The van der Waals surface area contributed by atoms with Crippen molar-refractivity contribution in [1.29, 1.82) is 0 Å². The summed E-state index contributed by atoms with van der Waals surface area (Å²) in [4.78, 5) is 14.6. The third-order valence-electron chi connectivity index (χ3n) is 3.91. The van der Waals surface area contributed by atoms with Gasteiger partial charge in [-0.15, -0.1) is 0 Å². The van der Waals surface area contributed by atoms with E-state index in [9.17, 15) is 4.79 Å². The molecule has 1 saturated carbocycles. The lowest BCUT2D eigenvalue weighted by molar-refractivity contribution is -0.146. The third-order valence-corrected chi connectivity index (χ3v) is 3.91. The van der Waals surface area contributed by atoms with Gasteiger partial charge in [0.15, 0.2) is 0 Å². The van der Waals surface area contributed by atoms with E-state index >= 15 is 0 Å². The monoisotopic (exact) mass is 274 g/mol. The second-order valence-electron chi connectivity index (χ2n) is 5.75. The maximum absolute atomic E-state index is 12.6. The van der Waals surface area contributed by atoms with Gasteiger partial charge in [-0.2, -0.15) is 0 Å². The molecule has 1 saturated heterocycles. The van der Waals surface area contributed by atoms with Gasteiger partial charge in [0.05, 0.1) is 6.61 Å². The Bertz CT molecular complexity index is 479. The summed E-state index contributed by atoms with van der Waals surface area (Å²) >= 11 is 0. The number of ether oxygens (including phenoxy) is 1. The minimum atomic E-state index is -0.311. The van der Waals surface area contributed by atoms with Crippen molar-refractivity contribution in [2.45, 2.75) is 38.5 Å². The van der Waals surface area contributed by atoms with Crippen LogP contribution in [0.3, 0.4) is 0 Å². The number of carbonyl (C=O) groups is 1. The molecule has 1 amide bonds. The van der Waals surface area contributed by atoms with E-state index < -0.39 is 0 Å². The van der Waals surface area contributed by atoms with Crippen molar-refractivity contribution in [2.75, 3.05) is 19.7 Å². The molecule has 0 aromatic heterocycles. The normalized spacial score (nSPS) is 22.6. The van der Waals surface area contributed by atoms with Crippen molar-refractivity contribution in [2.24, 2.45) is 0 Å². The first-order valence-electron chi connectivity index (χ1n) is 7.42. The van der Waals surface area contributed by atoms with Crippen LogP contribution in [0.2, 0.25) is 0 Å². The van der Waals surface area contributed by atoms with Crippen LogP contribution < -0.4 is 5.32 Å². The summed E-state index contributed by atoms with van der Waals surface area (Å²) in [6.45, 7) is 4.88. The highest BCUT2D eigenvalue weighted by atomic mass is 16.5. The highest BCUT2D eigenvalue weighted by molar-refractivity contribution is 5.82. The maximum atomic E-state index is 12.6. The average molecular weight is 274 g/mol. The molecule has 0 radical (unpaired) electrons. The predicted octanol–water partition coefficient (Wildman–Crippen LogP) is 1.47. The van der Waals surface area contributed by atoms with Gasteiger partial charge in [-0.3, -0.25) is 4.79 Å². The van der Waals surface area contributed by atoms with Crippen molar-refractivity contribution >= 4 is 5.91 Å². The Balaban J connectivity index is 1.70. The van der Waals surface area contributed by atoms with E-state index in [4.69, 9.17) is 4.74 Å². The molecule has 1 N–H and O–H groups in total. The molecule has 2 fully saturated rings. The first kappa shape index (κ1) is 13.6. The highest BCUT2D eigenvalue weighted by Crippen LogP contribution is 2.29. The van der Waals surface area contributed by atoms with E-state index in [1.165, 1.54) is 11.1 Å². The van der Waals surface area contributed by atoms with Crippen LogP contribution in [0.25, 0.3) is 0 Å².